The second kappa shape index (κ2) is 15.5. The number of para-hydroxylation sites is 4. The van der Waals surface area contributed by atoms with Gasteiger partial charge in [-0.1, -0.05) is 243 Å². The summed E-state index contributed by atoms with van der Waals surface area (Å²) in [5.41, 5.74) is 23.5. The zero-order valence-corrected chi connectivity index (χ0v) is 40.5. The molecule has 1 atom stereocenters. The number of hydrogen-bond donors (Lipinski definition) is 0. The molecule has 2 nitrogen and oxygen atoms in total. The van der Waals surface area contributed by atoms with Crippen LogP contribution in [0.5, 0.6) is 0 Å². The molecule has 0 bridgehead atoms. The van der Waals surface area contributed by atoms with Gasteiger partial charge in [-0.05, 0) is 114 Å². The first-order valence-electron chi connectivity index (χ1n) is 25.8. The van der Waals surface area contributed by atoms with Crippen molar-refractivity contribution >= 4 is 49.6 Å². The van der Waals surface area contributed by atoms with Crippen LogP contribution < -0.4 is 4.90 Å². The lowest BCUT2D eigenvalue weighted by Gasteiger charge is -2.40. The Kier molecular flexibility index (Phi) is 8.62. The molecule has 3 aliphatic rings. The van der Waals surface area contributed by atoms with E-state index < -0.39 is 10.8 Å². The lowest BCUT2D eigenvalue weighted by molar-refractivity contribution is 0.748. The first-order chi connectivity index (χ1) is 36.8. The van der Waals surface area contributed by atoms with Crippen LogP contribution in [-0.2, 0) is 10.8 Å². The molecule has 1 aliphatic heterocycles. The molecule has 0 amide bonds. The predicted octanol–water partition coefficient (Wildman–Crippen LogP) is 18.1. The lowest BCUT2D eigenvalue weighted by Crippen LogP contribution is -2.33. The molecular formula is C72H46N2. The molecular weight excluding hydrogens is 893 g/mol. The largest absolute Gasteiger partial charge is 0.309 e. The molecule has 1 unspecified atom stereocenters. The van der Waals surface area contributed by atoms with Crippen LogP contribution in [0.15, 0.2) is 279 Å². The first kappa shape index (κ1) is 41.2. The Morgan fingerprint density at radius 1 is 0.297 bits per heavy atom. The molecule has 0 N–H and O–H groups in total. The van der Waals surface area contributed by atoms with Crippen LogP contribution in [0.25, 0.3) is 71.6 Å². The third-order valence-corrected chi connectivity index (χ3v) is 16.8. The van der Waals surface area contributed by atoms with Crippen molar-refractivity contribution in [3.8, 4) is 39.1 Å². The van der Waals surface area contributed by atoms with Gasteiger partial charge < -0.3 is 9.47 Å². The van der Waals surface area contributed by atoms with E-state index in [0.717, 1.165) is 22.6 Å². The van der Waals surface area contributed by atoms with Gasteiger partial charge in [0.1, 0.15) is 0 Å². The van der Waals surface area contributed by atoms with E-state index in [1.54, 1.807) is 0 Å². The highest BCUT2D eigenvalue weighted by Crippen LogP contribution is 2.63. The van der Waals surface area contributed by atoms with E-state index in [0.29, 0.717) is 0 Å². The molecule has 16 rings (SSSR count). The van der Waals surface area contributed by atoms with E-state index in [1.165, 1.54) is 111 Å². The Balaban J connectivity index is 1.05. The van der Waals surface area contributed by atoms with Gasteiger partial charge in [-0.25, -0.2) is 0 Å². The molecule has 13 aromatic rings. The number of hydrogen-bond acceptors (Lipinski definition) is 1. The predicted molar refractivity (Wildman–Crippen MR) is 307 cm³/mol. The summed E-state index contributed by atoms with van der Waals surface area (Å²) in [7, 11) is 0. The number of rotatable bonds is 6. The van der Waals surface area contributed by atoms with Crippen LogP contribution in [0.1, 0.15) is 44.5 Å². The van der Waals surface area contributed by atoms with E-state index in [4.69, 9.17) is 0 Å². The molecule has 0 saturated carbocycles. The third-order valence-electron chi connectivity index (χ3n) is 16.8. The fourth-order valence-electron chi connectivity index (χ4n) is 14.1. The fourth-order valence-corrected chi connectivity index (χ4v) is 14.1. The van der Waals surface area contributed by atoms with E-state index in [9.17, 15) is 0 Å². The van der Waals surface area contributed by atoms with Crippen molar-refractivity contribution in [1.82, 2.24) is 4.57 Å². The quantitative estimate of drug-likeness (QED) is 0.161. The highest BCUT2D eigenvalue weighted by atomic mass is 15.1. The van der Waals surface area contributed by atoms with Crippen LogP contribution in [-0.4, -0.2) is 4.57 Å². The number of nitrogens with zero attached hydrogens (tertiary/aromatic N) is 2. The van der Waals surface area contributed by atoms with Crippen LogP contribution in [0.3, 0.4) is 0 Å². The Hall–Kier alpha value is -9.50. The minimum absolute atomic E-state index is 0.607. The SMILES string of the molecule is c1ccc(-c2ccccc2N(c2ccc3c(c2)C2(c4ccccc4-3)c3ccccc3-n3c4ccccc4c4cccc2c43)c2cc3c(c4ccccc24)-c2ccccc2C3(c2ccccc2)c2ccccc2)cc1. The Morgan fingerprint density at radius 3 is 1.59 bits per heavy atom. The minimum atomic E-state index is -0.621. The first-order valence-corrected chi connectivity index (χ1v) is 25.8. The molecule has 2 aliphatic carbocycles. The summed E-state index contributed by atoms with van der Waals surface area (Å²) in [6.07, 6.45) is 0. The maximum Gasteiger partial charge on any atom is 0.0755 e. The van der Waals surface area contributed by atoms with Gasteiger partial charge in [-0.3, -0.25) is 0 Å². The highest BCUT2D eigenvalue weighted by molar-refractivity contribution is 6.14. The summed E-state index contributed by atoms with van der Waals surface area (Å²) in [6.45, 7) is 0. The van der Waals surface area contributed by atoms with Crippen LogP contribution in [0, 0.1) is 0 Å². The zero-order chi connectivity index (χ0) is 48.5. The number of aromatic nitrogens is 1. The molecule has 2 heteroatoms. The van der Waals surface area contributed by atoms with Crippen molar-refractivity contribution in [2.75, 3.05) is 4.90 Å². The molecule has 1 aromatic heterocycles. The second-order valence-corrected chi connectivity index (χ2v) is 20.2. The summed E-state index contributed by atoms with van der Waals surface area (Å²) in [5.74, 6) is 0. The summed E-state index contributed by atoms with van der Waals surface area (Å²) in [5, 5.41) is 4.97. The highest BCUT2D eigenvalue weighted by Gasteiger charge is 2.52. The molecule has 12 aromatic carbocycles. The maximum atomic E-state index is 2.60. The molecule has 344 valence electrons. The van der Waals surface area contributed by atoms with Crippen molar-refractivity contribution in [3.05, 3.63) is 324 Å². The van der Waals surface area contributed by atoms with Gasteiger partial charge in [0.05, 0.1) is 38.9 Å². The molecule has 1 spiro atoms. The van der Waals surface area contributed by atoms with E-state index in [2.05, 4.69) is 289 Å². The van der Waals surface area contributed by atoms with Gasteiger partial charge >= 0.3 is 0 Å². The maximum absolute atomic E-state index is 2.60. The summed E-state index contributed by atoms with van der Waals surface area (Å²) >= 11 is 0. The number of benzene rings is 12. The lowest BCUT2D eigenvalue weighted by atomic mass is 9.65. The van der Waals surface area contributed by atoms with Crippen molar-refractivity contribution in [1.29, 1.82) is 0 Å². The van der Waals surface area contributed by atoms with Gasteiger partial charge in [0.15, 0.2) is 0 Å². The average molecular weight is 939 g/mol. The van der Waals surface area contributed by atoms with Crippen molar-refractivity contribution in [3.63, 3.8) is 0 Å². The zero-order valence-electron chi connectivity index (χ0n) is 40.5. The fraction of sp³-hybridized carbons (Fsp3) is 0.0278. The Labute approximate surface area is 430 Å². The second-order valence-electron chi connectivity index (χ2n) is 20.2. The summed E-state index contributed by atoms with van der Waals surface area (Å²) < 4.78 is 2.54. The van der Waals surface area contributed by atoms with Gasteiger partial charge in [-0.2, -0.15) is 0 Å². The van der Waals surface area contributed by atoms with E-state index in [1.807, 2.05) is 0 Å². The van der Waals surface area contributed by atoms with Gasteiger partial charge in [0.25, 0.3) is 0 Å². The van der Waals surface area contributed by atoms with Crippen molar-refractivity contribution in [2.24, 2.45) is 0 Å². The van der Waals surface area contributed by atoms with E-state index in [-0.39, 0.29) is 0 Å². The minimum Gasteiger partial charge on any atom is -0.309 e. The van der Waals surface area contributed by atoms with Crippen molar-refractivity contribution < 1.29 is 0 Å². The van der Waals surface area contributed by atoms with Crippen LogP contribution in [0.2, 0.25) is 0 Å². The summed E-state index contributed by atoms with van der Waals surface area (Å²) in [6, 6.07) is 105. The smallest absolute Gasteiger partial charge is 0.0755 e. The molecule has 74 heavy (non-hydrogen) atoms. The average Bonchev–Trinajstić information content (AvgIpc) is 4.17. The van der Waals surface area contributed by atoms with Gasteiger partial charge in [-0.15, -0.1) is 0 Å². The summed E-state index contributed by atoms with van der Waals surface area (Å²) in [4.78, 5) is 2.60. The molecule has 0 fully saturated rings. The number of anilines is 3. The topological polar surface area (TPSA) is 8.17 Å². The molecule has 2 heterocycles. The monoisotopic (exact) mass is 938 g/mol. The molecule has 0 saturated heterocycles. The normalized spacial score (nSPS) is 15.2. The molecule has 0 radical (unpaired) electrons. The van der Waals surface area contributed by atoms with Crippen LogP contribution >= 0.6 is 0 Å². The third kappa shape index (κ3) is 5.28. The van der Waals surface area contributed by atoms with Crippen LogP contribution in [0.4, 0.5) is 17.1 Å². The number of fused-ring (bicyclic) bond motifs is 17. The van der Waals surface area contributed by atoms with Crippen molar-refractivity contribution in [2.45, 2.75) is 10.8 Å². The van der Waals surface area contributed by atoms with Gasteiger partial charge in [0, 0.05) is 27.4 Å². The standard InChI is InChI=1S/C72H46N2/c1-4-23-47(24-5-1)51-29-14-19-40-65(51)73(68-46-64-69(56-33-11-10-31-54(56)68)58-34-13-17-37-60(58)71(64,48-25-6-2-7-26-48)49-27-8-3-9-28-49)50-43-44-53-52-30-12-16-36-59(52)72(63(53)45-50)61-38-18-21-42-67(61)74-66-41-20-15-32-55(66)57-35-22-39-62(72)70(57)74/h1-46H. The Bertz CT molecular complexity index is 4390. The van der Waals surface area contributed by atoms with E-state index >= 15 is 0 Å². The van der Waals surface area contributed by atoms with Gasteiger partial charge in [0.2, 0.25) is 0 Å². The Morgan fingerprint density at radius 2 is 0.838 bits per heavy atom.